The molecule has 32 heavy (non-hydrogen) atoms. The number of ether oxygens (including phenoxy) is 1. The van der Waals surface area contributed by atoms with Gasteiger partial charge in [0.2, 0.25) is 0 Å². The van der Waals surface area contributed by atoms with Crippen molar-refractivity contribution in [1.82, 2.24) is 24.5 Å². The van der Waals surface area contributed by atoms with Crippen molar-refractivity contribution in [3.8, 4) is 5.75 Å². The molecule has 8 nitrogen and oxygen atoms in total. The smallest absolute Gasteiger partial charge is 0.327 e. The largest absolute Gasteiger partial charge is 0.496 e. The average molecular weight is 438 g/mol. The van der Waals surface area contributed by atoms with Crippen molar-refractivity contribution in [2.45, 2.75) is 45.3 Å². The van der Waals surface area contributed by atoms with E-state index in [1.54, 1.807) is 13.3 Å². The molecule has 3 saturated heterocycles. The first-order chi connectivity index (χ1) is 15.5. The lowest BCUT2D eigenvalue weighted by atomic mass is 9.76. The standard InChI is InChI=1S/C24H31N5O3/c1-3-28-22(30)20-14-24(17-29(20)23(28)31)7-11-26(12-8-24)15-18-5-6-21(32-2)19(13-18)16-27-10-4-9-25-27/h4-6,9-10,13,20H,3,7-8,11-12,14-17H2,1-2H3. The molecule has 0 aliphatic carbocycles. The summed E-state index contributed by atoms with van der Waals surface area (Å²) in [5.74, 6) is 0.878. The van der Waals surface area contributed by atoms with Crippen LogP contribution < -0.4 is 4.74 Å². The molecular weight excluding hydrogens is 406 g/mol. The minimum Gasteiger partial charge on any atom is -0.496 e. The van der Waals surface area contributed by atoms with Gasteiger partial charge >= 0.3 is 6.03 Å². The molecule has 3 amide bonds. The van der Waals surface area contributed by atoms with Gasteiger partial charge in [0.15, 0.2) is 0 Å². The van der Waals surface area contributed by atoms with E-state index in [1.165, 1.54) is 10.5 Å². The van der Waals surface area contributed by atoms with Gasteiger partial charge in [-0.3, -0.25) is 19.3 Å². The summed E-state index contributed by atoms with van der Waals surface area (Å²) in [5, 5.41) is 4.31. The maximum absolute atomic E-state index is 12.6. The predicted octanol–water partition coefficient (Wildman–Crippen LogP) is 2.58. The number of likely N-dealkylation sites (tertiary alicyclic amines) is 1. The fraction of sp³-hybridized carbons (Fsp3) is 0.542. The molecule has 0 saturated carbocycles. The molecule has 1 aromatic heterocycles. The zero-order valence-electron chi connectivity index (χ0n) is 18.9. The number of methoxy groups -OCH3 is 1. The second-order valence-electron chi connectivity index (χ2n) is 9.34. The molecule has 170 valence electrons. The maximum Gasteiger partial charge on any atom is 0.327 e. The summed E-state index contributed by atoms with van der Waals surface area (Å²) < 4.78 is 7.46. The first-order valence-electron chi connectivity index (χ1n) is 11.5. The minimum absolute atomic E-state index is 0.000233. The van der Waals surface area contributed by atoms with Crippen molar-refractivity contribution in [2.24, 2.45) is 5.41 Å². The molecular formula is C24H31N5O3. The number of imide groups is 1. The van der Waals surface area contributed by atoms with Crippen LogP contribution in [0.4, 0.5) is 4.79 Å². The van der Waals surface area contributed by atoms with E-state index < -0.39 is 0 Å². The van der Waals surface area contributed by atoms with Crippen LogP contribution in [0.1, 0.15) is 37.3 Å². The summed E-state index contributed by atoms with van der Waals surface area (Å²) in [6, 6.07) is 7.99. The minimum atomic E-state index is -0.236. The van der Waals surface area contributed by atoms with E-state index >= 15 is 0 Å². The van der Waals surface area contributed by atoms with Crippen molar-refractivity contribution in [1.29, 1.82) is 0 Å². The molecule has 0 N–H and O–H groups in total. The van der Waals surface area contributed by atoms with Crippen LogP contribution in [0.3, 0.4) is 0 Å². The van der Waals surface area contributed by atoms with Crippen LogP contribution in [0.25, 0.3) is 0 Å². The molecule has 0 bridgehead atoms. The number of hydrogen-bond donors (Lipinski definition) is 0. The topological polar surface area (TPSA) is 70.9 Å². The lowest BCUT2D eigenvalue weighted by molar-refractivity contribution is -0.128. The van der Waals surface area contributed by atoms with Crippen molar-refractivity contribution in [2.75, 3.05) is 33.3 Å². The second kappa shape index (κ2) is 8.24. The zero-order chi connectivity index (χ0) is 22.3. The Kier molecular flexibility index (Phi) is 5.41. The molecule has 2 aromatic rings. The Morgan fingerprint density at radius 3 is 2.66 bits per heavy atom. The lowest BCUT2D eigenvalue weighted by Gasteiger charge is -2.39. The summed E-state index contributed by atoms with van der Waals surface area (Å²) in [5.41, 5.74) is 2.48. The average Bonchev–Trinajstić information content (AvgIpc) is 3.49. The van der Waals surface area contributed by atoms with Crippen LogP contribution in [0, 0.1) is 5.41 Å². The Morgan fingerprint density at radius 2 is 2.00 bits per heavy atom. The number of likely N-dealkylation sites (N-methyl/N-ethyl adjacent to an activating group) is 1. The number of fused-ring (bicyclic) bond motifs is 1. The third-order valence-electron chi connectivity index (χ3n) is 7.41. The second-order valence-corrected chi connectivity index (χ2v) is 9.34. The summed E-state index contributed by atoms with van der Waals surface area (Å²) >= 11 is 0. The number of hydrogen-bond acceptors (Lipinski definition) is 5. The summed E-state index contributed by atoms with van der Waals surface area (Å²) in [6.07, 6.45) is 6.62. The Balaban J connectivity index is 1.22. The van der Waals surface area contributed by atoms with Crippen LogP contribution >= 0.6 is 0 Å². The number of carbonyl (C=O) groups is 2. The molecule has 3 fully saturated rings. The monoisotopic (exact) mass is 437 g/mol. The lowest BCUT2D eigenvalue weighted by Crippen LogP contribution is -2.43. The van der Waals surface area contributed by atoms with Gasteiger partial charge in [-0.1, -0.05) is 6.07 Å². The van der Waals surface area contributed by atoms with E-state index in [4.69, 9.17) is 4.74 Å². The normalized spacial score (nSPS) is 22.8. The van der Waals surface area contributed by atoms with Crippen molar-refractivity contribution in [3.63, 3.8) is 0 Å². The maximum atomic E-state index is 12.6. The first kappa shape index (κ1) is 21.0. The summed E-state index contributed by atoms with van der Waals surface area (Å²) in [4.78, 5) is 30.9. The van der Waals surface area contributed by atoms with Gasteiger partial charge in [-0.2, -0.15) is 5.10 Å². The fourth-order valence-electron chi connectivity index (χ4n) is 5.63. The van der Waals surface area contributed by atoms with Gasteiger partial charge in [0, 0.05) is 37.6 Å². The Hall–Kier alpha value is -2.87. The SMILES string of the molecule is CCN1C(=O)C2CC3(CCN(Cc4ccc(OC)c(Cn5cccn5)c4)CC3)CN2C1=O. The number of aromatic nitrogens is 2. The quantitative estimate of drug-likeness (QED) is 0.650. The fourth-order valence-corrected chi connectivity index (χ4v) is 5.63. The van der Waals surface area contributed by atoms with Crippen LogP contribution in [-0.4, -0.2) is 75.7 Å². The highest BCUT2D eigenvalue weighted by Gasteiger charge is 2.55. The molecule has 0 radical (unpaired) electrons. The van der Waals surface area contributed by atoms with Gasteiger partial charge in [-0.15, -0.1) is 0 Å². The molecule has 3 aliphatic rings. The molecule has 3 aliphatic heterocycles. The van der Waals surface area contributed by atoms with Crippen LogP contribution in [0.15, 0.2) is 36.7 Å². The summed E-state index contributed by atoms with van der Waals surface area (Å²) in [7, 11) is 1.70. The van der Waals surface area contributed by atoms with E-state index in [0.717, 1.165) is 56.8 Å². The Labute approximate surface area is 188 Å². The number of nitrogens with zero attached hydrogens (tertiary/aromatic N) is 5. The number of piperidine rings is 1. The number of carbonyl (C=O) groups excluding carboxylic acids is 2. The van der Waals surface area contributed by atoms with Gasteiger partial charge in [-0.05, 0) is 68.5 Å². The third kappa shape index (κ3) is 3.66. The molecule has 1 unspecified atom stereocenters. The van der Waals surface area contributed by atoms with Crippen LogP contribution in [0.5, 0.6) is 5.75 Å². The van der Waals surface area contributed by atoms with E-state index in [2.05, 4.69) is 22.1 Å². The predicted molar refractivity (Wildman–Crippen MR) is 119 cm³/mol. The highest BCUT2D eigenvalue weighted by molar-refractivity contribution is 6.04. The van der Waals surface area contributed by atoms with E-state index in [-0.39, 0.29) is 23.4 Å². The van der Waals surface area contributed by atoms with Crippen molar-refractivity contribution >= 4 is 11.9 Å². The van der Waals surface area contributed by atoms with E-state index in [0.29, 0.717) is 13.1 Å². The molecule has 8 heteroatoms. The first-order valence-corrected chi connectivity index (χ1v) is 11.5. The van der Waals surface area contributed by atoms with E-state index in [1.807, 2.05) is 34.8 Å². The van der Waals surface area contributed by atoms with Gasteiger partial charge < -0.3 is 9.64 Å². The number of amides is 3. The van der Waals surface area contributed by atoms with Gasteiger partial charge in [0.25, 0.3) is 5.91 Å². The zero-order valence-corrected chi connectivity index (χ0v) is 18.9. The molecule has 1 aromatic carbocycles. The van der Waals surface area contributed by atoms with Gasteiger partial charge in [0.05, 0.1) is 13.7 Å². The molecule has 1 spiro atoms. The van der Waals surface area contributed by atoms with E-state index in [9.17, 15) is 9.59 Å². The van der Waals surface area contributed by atoms with Crippen molar-refractivity contribution < 1.29 is 14.3 Å². The molecule has 5 rings (SSSR count). The van der Waals surface area contributed by atoms with Crippen LogP contribution in [-0.2, 0) is 17.9 Å². The Bertz CT molecular complexity index is 971. The van der Waals surface area contributed by atoms with Crippen LogP contribution in [0.2, 0.25) is 0 Å². The number of benzene rings is 1. The van der Waals surface area contributed by atoms with Gasteiger partial charge in [0.1, 0.15) is 11.8 Å². The van der Waals surface area contributed by atoms with Gasteiger partial charge in [-0.25, -0.2) is 4.79 Å². The number of rotatable bonds is 6. The summed E-state index contributed by atoms with van der Waals surface area (Å²) in [6.45, 7) is 6.61. The number of urea groups is 1. The molecule has 4 heterocycles. The molecule has 1 atom stereocenters. The third-order valence-corrected chi connectivity index (χ3v) is 7.41. The van der Waals surface area contributed by atoms with Crippen molar-refractivity contribution in [3.05, 3.63) is 47.8 Å². The highest BCUT2D eigenvalue weighted by atomic mass is 16.5. The highest BCUT2D eigenvalue weighted by Crippen LogP contribution is 2.46. The Morgan fingerprint density at radius 1 is 1.19 bits per heavy atom.